The van der Waals surface area contributed by atoms with Gasteiger partial charge in [0.05, 0.1) is 4.92 Å². The predicted octanol–water partition coefficient (Wildman–Crippen LogP) is 4.57. The Hall–Kier alpha value is -1.15. The van der Waals surface area contributed by atoms with Gasteiger partial charge in [0.2, 0.25) is 0 Å². The van der Waals surface area contributed by atoms with Gasteiger partial charge in [-0.1, -0.05) is 15.9 Å². The highest BCUT2D eigenvalue weighted by atomic mass is 127. The van der Waals surface area contributed by atoms with Gasteiger partial charge in [0.25, 0.3) is 5.69 Å². The fourth-order valence-corrected chi connectivity index (χ4v) is 2.33. The minimum Gasteiger partial charge on any atom is -0.381 e. The van der Waals surface area contributed by atoms with E-state index in [1.165, 1.54) is 6.07 Å². The summed E-state index contributed by atoms with van der Waals surface area (Å²) in [7, 11) is 0. The minimum atomic E-state index is -0.365. The molecule has 0 atom stereocenters. The fraction of sp³-hybridized carbons (Fsp3) is 0.0769. The number of benzene rings is 2. The third kappa shape index (κ3) is 3.90. The number of anilines is 1. The summed E-state index contributed by atoms with van der Waals surface area (Å²) in [5.74, 6) is 0. The molecular formula is C13H10BrIN2O2. The van der Waals surface area contributed by atoms with E-state index < -0.39 is 0 Å². The van der Waals surface area contributed by atoms with Gasteiger partial charge in [0.1, 0.15) is 0 Å². The molecule has 98 valence electrons. The standard InChI is InChI=1S/C13H10BrIN2O2/c14-10-2-1-9(13(7-10)17(18)19)8-16-12-5-3-11(15)4-6-12/h1-7,16H,8H2. The van der Waals surface area contributed by atoms with E-state index in [-0.39, 0.29) is 10.6 Å². The van der Waals surface area contributed by atoms with Crippen molar-refractivity contribution < 1.29 is 4.92 Å². The smallest absolute Gasteiger partial charge is 0.275 e. The van der Waals surface area contributed by atoms with E-state index in [1.807, 2.05) is 24.3 Å². The SMILES string of the molecule is O=[N+]([O-])c1cc(Br)ccc1CNc1ccc(I)cc1. The number of hydrogen-bond donors (Lipinski definition) is 1. The molecule has 19 heavy (non-hydrogen) atoms. The Balaban J connectivity index is 2.15. The summed E-state index contributed by atoms with van der Waals surface area (Å²) in [5.41, 5.74) is 1.72. The molecule has 0 spiro atoms. The molecule has 0 saturated carbocycles. The van der Waals surface area contributed by atoms with E-state index in [2.05, 4.69) is 43.8 Å². The fourth-order valence-electron chi connectivity index (χ4n) is 1.62. The molecular weight excluding hydrogens is 423 g/mol. The number of hydrogen-bond acceptors (Lipinski definition) is 3. The molecule has 0 heterocycles. The van der Waals surface area contributed by atoms with Crippen LogP contribution in [0.2, 0.25) is 0 Å². The van der Waals surface area contributed by atoms with Crippen LogP contribution in [0.5, 0.6) is 0 Å². The van der Waals surface area contributed by atoms with Gasteiger partial charge in [-0.25, -0.2) is 0 Å². The number of nitrogens with zero attached hydrogens (tertiary/aromatic N) is 1. The lowest BCUT2D eigenvalue weighted by molar-refractivity contribution is -0.385. The molecule has 0 aromatic heterocycles. The summed E-state index contributed by atoms with van der Waals surface area (Å²) in [5, 5.41) is 14.2. The third-order valence-corrected chi connectivity index (χ3v) is 3.78. The van der Waals surface area contributed by atoms with Gasteiger partial charge in [-0.3, -0.25) is 10.1 Å². The predicted molar refractivity (Wildman–Crippen MR) is 87.3 cm³/mol. The van der Waals surface area contributed by atoms with E-state index in [9.17, 15) is 10.1 Å². The Morgan fingerprint density at radius 1 is 1.21 bits per heavy atom. The molecule has 2 rings (SSSR count). The van der Waals surface area contributed by atoms with Crippen molar-refractivity contribution >= 4 is 49.9 Å². The molecule has 0 amide bonds. The summed E-state index contributed by atoms with van der Waals surface area (Å²) in [6.07, 6.45) is 0. The van der Waals surface area contributed by atoms with Crippen LogP contribution in [0.3, 0.4) is 0 Å². The summed E-state index contributed by atoms with van der Waals surface area (Å²) in [6, 6.07) is 12.9. The number of nitro groups is 1. The van der Waals surface area contributed by atoms with E-state index in [4.69, 9.17) is 0 Å². The van der Waals surface area contributed by atoms with E-state index in [1.54, 1.807) is 12.1 Å². The quantitative estimate of drug-likeness (QED) is 0.437. The van der Waals surface area contributed by atoms with Crippen molar-refractivity contribution in [3.8, 4) is 0 Å². The van der Waals surface area contributed by atoms with Gasteiger partial charge < -0.3 is 5.32 Å². The summed E-state index contributed by atoms with van der Waals surface area (Å²) in [4.78, 5) is 10.6. The zero-order valence-electron chi connectivity index (χ0n) is 9.77. The van der Waals surface area contributed by atoms with E-state index >= 15 is 0 Å². The van der Waals surface area contributed by atoms with Crippen molar-refractivity contribution in [1.82, 2.24) is 0 Å². The Bertz CT molecular complexity index is 602. The molecule has 6 heteroatoms. The molecule has 2 aromatic carbocycles. The molecule has 0 aliphatic carbocycles. The Morgan fingerprint density at radius 2 is 1.89 bits per heavy atom. The van der Waals surface area contributed by atoms with Crippen LogP contribution >= 0.6 is 38.5 Å². The Morgan fingerprint density at radius 3 is 2.53 bits per heavy atom. The van der Waals surface area contributed by atoms with Crippen molar-refractivity contribution in [3.05, 3.63) is 66.2 Å². The topological polar surface area (TPSA) is 55.2 Å². The third-order valence-electron chi connectivity index (χ3n) is 2.57. The maximum absolute atomic E-state index is 11.0. The zero-order chi connectivity index (χ0) is 13.8. The summed E-state index contributed by atoms with van der Waals surface area (Å²) >= 11 is 5.47. The van der Waals surface area contributed by atoms with Crippen molar-refractivity contribution in [2.75, 3.05) is 5.32 Å². The van der Waals surface area contributed by atoms with Crippen LogP contribution in [-0.2, 0) is 6.54 Å². The van der Waals surface area contributed by atoms with Crippen molar-refractivity contribution in [2.45, 2.75) is 6.54 Å². The minimum absolute atomic E-state index is 0.118. The monoisotopic (exact) mass is 432 g/mol. The molecule has 0 saturated heterocycles. The van der Waals surface area contributed by atoms with E-state index in [0.717, 1.165) is 9.26 Å². The lowest BCUT2D eigenvalue weighted by atomic mass is 10.2. The van der Waals surface area contributed by atoms with E-state index in [0.29, 0.717) is 16.6 Å². The van der Waals surface area contributed by atoms with Crippen molar-refractivity contribution in [1.29, 1.82) is 0 Å². The molecule has 0 aliphatic heterocycles. The number of rotatable bonds is 4. The van der Waals surface area contributed by atoms with Gasteiger partial charge in [0.15, 0.2) is 0 Å². The number of nitro benzene ring substituents is 1. The van der Waals surface area contributed by atoms with Crippen molar-refractivity contribution in [3.63, 3.8) is 0 Å². The second kappa shape index (κ2) is 6.33. The molecule has 2 aromatic rings. The van der Waals surface area contributed by atoms with Gasteiger partial charge in [-0.2, -0.15) is 0 Å². The normalized spacial score (nSPS) is 10.2. The summed E-state index contributed by atoms with van der Waals surface area (Å²) in [6.45, 7) is 0.421. The first kappa shape index (κ1) is 14.3. The van der Waals surface area contributed by atoms with Crippen LogP contribution in [0, 0.1) is 13.7 Å². The number of halogens is 2. The second-order valence-corrected chi connectivity index (χ2v) is 6.05. The molecule has 4 nitrogen and oxygen atoms in total. The largest absolute Gasteiger partial charge is 0.381 e. The van der Waals surface area contributed by atoms with Gasteiger partial charge >= 0.3 is 0 Å². The highest BCUT2D eigenvalue weighted by Crippen LogP contribution is 2.24. The molecule has 0 radical (unpaired) electrons. The van der Waals surface area contributed by atoms with Crippen LogP contribution in [-0.4, -0.2) is 4.92 Å². The molecule has 1 N–H and O–H groups in total. The maximum atomic E-state index is 11.0. The van der Waals surface area contributed by atoms with Crippen molar-refractivity contribution in [2.24, 2.45) is 0 Å². The van der Waals surface area contributed by atoms with Crippen LogP contribution < -0.4 is 5.32 Å². The Labute approximate surface area is 132 Å². The van der Waals surface area contributed by atoms with Crippen LogP contribution in [0.4, 0.5) is 11.4 Å². The average molecular weight is 433 g/mol. The highest BCUT2D eigenvalue weighted by Gasteiger charge is 2.13. The van der Waals surface area contributed by atoms with Crippen LogP contribution in [0.15, 0.2) is 46.9 Å². The highest BCUT2D eigenvalue weighted by molar-refractivity contribution is 14.1. The first-order valence-corrected chi connectivity index (χ1v) is 7.35. The first-order valence-electron chi connectivity index (χ1n) is 5.48. The summed E-state index contributed by atoms with van der Waals surface area (Å²) < 4.78 is 1.86. The molecule has 0 aliphatic rings. The maximum Gasteiger partial charge on any atom is 0.275 e. The average Bonchev–Trinajstić information content (AvgIpc) is 2.39. The molecule has 0 unspecified atom stereocenters. The number of nitrogens with one attached hydrogen (secondary N) is 1. The Kier molecular flexibility index (Phi) is 4.76. The first-order chi connectivity index (χ1) is 9.06. The van der Waals surface area contributed by atoms with Crippen LogP contribution in [0.25, 0.3) is 0 Å². The van der Waals surface area contributed by atoms with Gasteiger partial charge in [-0.15, -0.1) is 0 Å². The zero-order valence-corrected chi connectivity index (χ0v) is 13.5. The lowest BCUT2D eigenvalue weighted by Gasteiger charge is -2.07. The van der Waals surface area contributed by atoms with Gasteiger partial charge in [0, 0.05) is 31.9 Å². The second-order valence-electron chi connectivity index (χ2n) is 3.89. The lowest BCUT2D eigenvalue weighted by Crippen LogP contribution is -2.03. The van der Waals surface area contributed by atoms with Gasteiger partial charge in [-0.05, 0) is 59.0 Å². The van der Waals surface area contributed by atoms with Crippen LogP contribution in [0.1, 0.15) is 5.56 Å². The molecule has 0 bridgehead atoms. The molecule has 0 fully saturated rings.